The minimum atomic E-state index is -2.68. The van der Waals surface area contributed by atoms with Gasteiger partial charge in [-0.25, -0.2) is 4.39 Å². The lowest BCUT2D eigenvalue weighted by Gasteiger charge is -2.62. The minimum absolute atomic E-state index is 0.0154. The number of hydrogen-bond donors (Lipinski definition) is 1. The average Bonchev–Trinajstić information content (AvgIpc) is 2.86. The molecule has 1 aliphatic heterocycles. The lowest BCUT2D eigenvalue weighted by atomic mass is 9.47. The van der Waals surface area contributed by atoms with Crippen molar-refractivity contribution in [2.45, 2.75) is 77.1 Å². The zero-order valence-electron chi connectivity index (χ0n) is 14.6. The standard InChI is InChI=1S/C19H30FNO2/c1-17-9-4-5-13(17)12-6-7-15-18(2,14(12)8-10-17)11-19(20,23)16(22)21(15)3/h12-15,23H,4-11H2,1-3H3/t12-,13-,14-,15+,17-,18+,19-/m0/s1. The van der Waals surface area contributed by atoms with E-state index in [1.807, 2.05) is 0 Å². The molecule has 3 nitrogen and oxygen atoms in total. The number of hydrogen-bond acceptors (Lipinski definition) is 2. The Morgan fingerprint density at radius 2 is 1.87 bits per heavy atom. The third-order valence-corrected chi connectivity index (χ3v) is 8.33. The van der Waals surface area contributed by atoms with E-state index in [4.69, 9.17) is 0 Å². The SMILES string of the molecule is CN1C(=O)[C@](O)(F)C[C@]2(C)[C@H]3CC[C@]4(C)CCC[C@H]4[C@@H]3CC[C@@H]12. The molecule has 0 aromatic carbocycles. The van der Waals surface area contributed by atoms with Crippen LogP contribution in [0.15, 0.2) is 0 Å². The van der Waals surface area contributed by atoms with Gasteiger partial charge in [0.05, 0.1) is 0 Å². The highest BCUT2D eigenvalue weighted by atomic mass is 19.2. The first kappa shape index (κ1) is 15.9. The number of amides is 1. The number of piperidine rings is 1. The highest BCUT2D eigenvalue weighted by Gasteiger charge is 2.64. The van der Waals surface area contributed by atoms with E-state index in [9.17, 15) is 14.3 Å². The largest absolute Gasteiger partial charge is 0.354 e. The van der Waals surface area contributed by atoms with E-state index in [1.54, 1.807) is 7.05 Å². The molecule has 1 N–H and O–H groups in total. The number of carbonyl (C=O) groups excluding carboxylic acids is 1. The maximum Gasteiger partial charge on any atom is 0.287 e. The Labute approximate surface area is 138 Å². The van der Waals surface area contributed by atoms with E-state index in [1.165, 1.54) is 30.6 Å². The van der Waals surface area contributed by atoms with E-state index in [0.717, 1.165) is 25.2 Å². The van der Waals surface area contributed by atoms with Gasteiger partial charge < -0.3 is 10.0 Å². The molecule has 130 valence electrons. The van der Waals surface area contributed by atoms with Crippen LogP contribution < -0.4 is 0 Å². The van der Waals surface area contributed by atoms with Gasteiger partial charge in [-0.3, -0.25) is 4.79 Å². The van der Waals surface area contributed by atoms with Crippen LogP contribution in [0.3, 0.4) is 0 Å². The summed E-state index contributed by atoms with van der Waals surface area (Å²) in [6, 6.07) is 0.0815. The van der Waals surface area contributed by atoms with Crippen molar-refractivity contribution in [3.8, 4) is 0 Å². The van der Waals surface area contributed by atoms with Crippen molar-refractivity contribution in [3.05, 3.63) is 0 Å². The van der Waals surface area contributed by atoms with Gasteiger partial charge in [0.1, 0.15) is 0 Å². The number of carbonyl (C=O) groups is 1. The summed E-state index contributed by atoms with van der Waals surface area (Å²) < 4.78 is 14.6. The Morgan fingerprint density at radius 1 is 1.13 bits per heavy atom. The molecule has 1 amide bonds. The van der Waals surface area contributed by atoms with Gasteiger partial charge in [-0.1, -0.05) is 20.3 Å². The summed E-state index contributed by atoms with van der Waals surface area (Å²) in [7, 11) is 1.68. The number of aliphatic hydroxyl groups is 1. The van der Waals surface area contributed by atoms with E-state index < -0.39 is 11.8 Å². The Bertz CT molecular complexity index is 535. The van der Waals surface area contributed by atoms with Gasteiger partial charge in [-0.2, -0.15) is 0 Å². The molecule has 4 aliphatic rings. The molecule has 0 bridgehead atoms. The molecule has 23 heavy (non-hydrogen) atoms. The number of fused-ring (bicyclic) bond motifs is 5. The van der Waals surface area contributed by atoms with Crippen LogP contribution in [-0.2, 0) is 4.79 Å². The van der Waals surface area contributed by atoms with Gasteiger partial charge >= 0.3 is 0 Å². The second-order valence-corrected chi connectivity index (χ2v) is 9.41. The molecule has 1 saturated heterocycles. The molecular formula is C19H30FNO2. The van der Waals surface area contributed by atoms with Gasteiger partial charge in [-0.15, -0.1) is 0 Å². The topological polar surface area (TPSA) is 40.5 Å². The maximum atomic E-state index is 14.6. The van der Waals surface area contributed by atoms with Crippen LogP contribution in [0.25, 0.3) is 0 Å². The monoisotopic (exact) mass is 323 g/mol. The zero-order valence-corrected chi connectivity index (χ0v) is 14.6. The Balaban J connectivity index is 1.70. The number of halogens is 1. The molecule has 0 aromatic rings. The molecule has 0 unspecified atom stereocenters. The van der Waals surface area contributed by atoms with Gasteiger partial charge in [-0.05, 0) is 67.1 Å². The first-order valence-electron chi connectivity index (χ1n) is 9.38. The van der Waals surface area contributed by atoms with Crippen molar-refractivity contribution in [1.82, 2.24) is 4.90 Å². The summed E-state index contributed by atoms with van der Waals surface area (Å²) in [4.78, 5) is 13.7. The Morgan fingerprint density at radius 3 is 2.61 bits per heavy atom. The molecule has 1 heterocycles. The molecule has 3 aliphatic carbocycles. The van der Waals surface area contributed by atoms with Crippen molar-refractivity contribution in [2.24, 2.45) is 28.6 Å². The summed E-state index contributed by atoms with van der Waals surface area (Å²) in [6.45, 7) is 4.59. The lowest BCUT2D eigenvalue weighted by Crippen LogP contribution is -2.67. The second kappa shape index (κ2) is 4.71. The average molecular weight is 323 g/mol. The van der Waals surface area contributed by atoms with Gasteiger partial charge in [0.2, 0.25) is 0 Å². The van der Waals surface area contributed by atoms with Crippen molar-refractivity contribution < 1.29 is 14.3 Å². The number of likely N-dealkylation sites (N-methyl/N-ethyl adjacent to an activating group) is 1. The fourth-order valence-electron chi connectivity index (χ4n) is 7.31. The van der Waals surface area contributed by atoms with Gasteiger partial charge in [0, 0.05) is 19.5 Å². The number of nitrogens with zero attached hydrogens (tertiary/aromatic N) is 1. The number of alkyl halides is 1. The molecule has 4 fully saturated rings. The van der Waals surface area contributed by atoms with E-state index in [2.05, 4.69) is 13.8 Å². The highest BCUT2D eigenvalue weighted by molar-refractivity contribution is 5.84. The van der Waals surface area contributed by atoms with Crippen LogP contribution in [0.4, 0.5) is 4.39 Å². The Hall–Kier alpha value is -0.640. The predicted molar refractivity (Wildman–Crippen MR) is 86.2 cm³/mol. The molecule has 4 heteroatoms. The summed E-state index contributed by atoms with van der Waals surface area (Å²) >= 11 is 0. The molecular weight excluding hydrogens is 293 g/mol. The minimum Gasteiger partial charge on any atom is -0.354 e. The van der Waals surface area contributed by atoms with Crippen molar-refractivity contribution in [1.29, 1.82) is 0 Å². The first-order valence-corrected chi connectivity index (χ1v) is 9.38. The summed E-state index contributed by atoms with van der Waals surface area (Å²) in [5, 5.41) is 10.1. The molecule has 0 radical (unpaired) electrons. The number of rotatable bonds is 0. The lowest BCUT2D eigenvalue weighted by molar-refractivity contribution is -0.221. The third-order valence-electron chi connectivity index (χ3n) is 8.33. The van der Waals surface area contributed by atoms with Crippen LogP contribution >= 0.6 is 0 Å². The normalized spacial score (nSPS) is 56.0. The molecule has 0 spiro atoms. The molecule has 7 atom stereocenters. The smallest absolute Gasteiger partial charge is 0.287 e. The van der Waals surface area contributed by atoms with Gasteiger partial charge in [0.25, 0.3) is 11.8 Å². The summed E-state index contributed by atoms with van der Waals surface area (Å²) in [6.07, 6.45) is 8.44. The fourth-order valence-corrected chi connectivity index (χ4v) is 7.31. The molecule has 0 aromatic heterocycles. The van der Waals surface area contributed by atoms with Crippen LogP contribution in [0.5, 0.6) is 0 Å². The quantitative estimate of drug-likeness (QED) is 0.741. The van der Waals surface area contributed by atoms with Crippen molar-refractivity contribution >= 4 is 5.91 Å². The zero-order chi connectivity index (χ0) is 16.6. The van der Waals surface area contributed by atoms with Crippen LogP contribution in [0.1, 0.15) is 65.2 Å². The van der Waals surface area contributed by atoms with E-state index in [-0.39, 0.29) is 17.9 Å². The van der Waals surface area contributed by atoms with E-state index >= 15 is 0 Å². The predicted octanol–water partition coefficient (Wildman–Crippen LogP) is 3.51. The van der Waals surface area contributed by atoms with Gasteiger partial charge in [0.15, 0.2) is 0 Å². The van der Waals surface area contributed by atoms with Crippen molar-refractivity contribution in [2.75, 3.05) is 7.05 Å². The second-order valence-electron chi connectivity index (χ2n) is 9.41. The van der Waals surface area contributed by atoms with E-state index in [0.29, 0.717) is 17.3 Å². The third kappa shape index (κ3) is 1.99. The maximum absolute atomic E-state index is 14.6. The van der Waals surface area contributed by atoms with Crippen LogP contribution in [0.2, 0.25) is 0 Å². The van der Waals surface area contributed by atoms with Crippen LogP contribution in [0, 0.1) is 28.6 Å². The first-order chi connectivity index (χ1) is 10.7. The molecule has 4 rings (SSSR count). The molecule has 3 saturated carbocycles. The number of likely N-dealkylation sites (tertiary alicyclic amines) is 1. The Kier molecular flexibility index (Phi) is 3.25. The fraction of sp³-hybridized carbons (Fsp3) is 0.947. The highest BCUT2D eigenvalue weighted by Crippen LogP contribution is 2.65. The van der Waals surface area contributed by atoms with Crippen LogP contribution in [-0.4, -0.2) is 34.9 Å². The van der Waals surface area contributed by atoms with Crippen molar-refractivity contribution in [3.63, 3.8) is 0 Å². The summed E-state index contributed by atoms with van der Waals surface area (Å²) in [5.41, 5.74) is 0.186. The summed E-state index contributed by atoms with van der Waals surface area (Å²) in [5.74, 6) is -1.57.